The Balaban J connectivity index is 1.91. The summed E-state index contributed by atoms with van der Waals surface area (Å²) in [6.07, 6.45) is 0.474. The van der Waals surface area contributed by atoms with E-state index in [1.54, 1.807) is 19.9 Å². The van der Waals surface area contributed by atoms with Gasteiger partial charge in [-0.2, -0.15) is 0 Å². The Morgan fingerprint density at radius 3 is 2.71 bits per heavy atom. The molecule has 21 heavy (non-hydrogen) atoms. The van der Waals surface area contributed by atoms with Crippen molar-refractivity contribution in [3.8, 4) is 0 Å². The molecule has 7 heteroatoms. The second kappa shape index (κ2) is 5.73. The van der Waals surface area contributed by atoms with E-state index in [1.165, 1.54) is 12.1 Å². The lowest BCUT2D eigenvalue weighted by Crippen LogP contribution is -2.46. The number of anilines is 1. The Morgan fingerprint density at radius 1 is 1.43 bits per heavy atom. The van der Waals surface area contributed by atoms with E-state index in [0.717, 1.165) is 5.56 Å². The molecule has 1 aromatic carbocycles. The third-order valence-electron chi connectivity index (χ3n) is 3.58. The Labute approximate surface area is 123 Å². The minimum Gasteiger partial charge on any atom is -0.322 e. The first-order valence-corrected chi connectivity index (χ1v) is 8.53. The normalized spacial score (nSPS) is 24.0. The molecule has 1 heterocycles. The van der Waals surface area contributed by atoms with Crippen molar-refractivity contribution in [3.63, 3.8) is 0 Å². The molecule has 1 amide bonds. The van der Waals surface area contributed by atoms with Crippen LogP contribution in [0.1, 0.15) is 18.9 Å². The molecule has 0 bridgehead atoms. The van der Waals surface area contributed by atoms with Crippen molar-refractivity contribution in [2.24, 2.45) is 0 Å². The number of rotatable bonds is 4. The van der Waals surface area contributed by atoms with Gasteiger partial charge in [-0.25, -0.2) is 12.8 Å². The highest BCUT2D eigenvalue weighted by Gasteiger charge is 2.38. The highest BCUT2D eigenvalue weighted by Crippen LogP contribution is 2.22. The van der Waals surface area contributed by atoms with E-state index in [2.05, 4.69) is 10.6 Å². The number of carbonyl (C=O) groups is 1. The van der Waals surface area contributed by atoms with Gasteiger partial charge in [0.25, 0.3) is 0 Å². The molecule has 1 aromatic rings. The first-order chi connectivity index (χ1) is 9.69. The third kappa shape index (κ3) is 4.25. The number of aryl methyl sites for hydroxylation is 1. The summed E-state index contributed by atoms with van der Waals surface area (Å²) in [5.74, 6) is -0.738. The molecule has 0 saturated carbocycles. The molecule has 1 unspecified atom stereocenters. The van der Waals surface area contributed by atoms with Crippen LogP contribution in [-0.4, -0.2) is 37.9 Å². The molecule has 1 aliphatic rings. The van der Waals surface area contributed by atoms with Gasteiger partial charge in [0.2, 0.25) is 5.91 Å². The summed E-state index contributed by atoms with van der Waals surface area (Å²) in [4.78, 5) is 11.8. The van der Waals surface area contributed by atoms with Crippen LogP contribution in [0.5, 0.6) is 0 Å². The second-order valence-corrected chi connectivity index (χ2v) is 7.97. The van der Waals surface area contributed by atoms with E-state index < -0.39 is 27.1 Å². The molecule has 1 aliphatic heterocycles. The molecule has 2 rings (SSSR count). The second-order valence-electron chi connectivity index (χ2n) is 5.79. The highest BCUT2D eigenvalue weighted by molar-refractivity contribution is 7.91. The molecular weight excluding hydrogens is 295 g/mol. The van der Waals surface area contributed by atoms with Gasteiger partial charge in [-0.05, 0) is 38.0 Å². The standard InChI is InChI=1S/C14H19FN2O3S/c1-10-3-4-12(11(15)7-10)17-13(18)8-16-14(2)5-6-21(19,20)9-14/h3-4,7,16H,5-6,8-9H2,1-2H3,(H,17,18). The van der Waals surface area contributed by atoms with Crippen LogP contribution in [0.4, 0.5) is 10.1 Å². The molecule has 1 atom stereocenters. The van der Waals surface area contributed by atoms with Crippen LogP contribution >= 0.6 is 0 Å². The van der Waals surface area contributed by atoms with Gasteiger partial charge in [-0.1, -0.05) is 6.07 Å². The van der Waals surface area contributed by atoms with Crippen LogP contribution in [0.3, 0.4) is 0 Å². The Morgan fingerprint density at radius 2 is 2.14 bits per heavy atom. The minimum atomic E-state index is -3.03. The zero-order chi connectivity index (χ0) is 15.7. The molecule has 116 valence electrons. The van der Waals surface area contributed by atoms with Gasteiger partial charge >= 0.3 is 0 Å². The summed E-state index contributed by atoms with van der Waals surface area (Å²) in [6, 6.07) is 4.55. The van der Waals surface area contributed by atoms with E-state index in [4.69, 9.17) is 0 Å². The molecular formula is C14H19FN2O3S. The summed E-state index contributed by atoms with van der Waals surface area (Å²) in [6.45, 7) is 3.48. The fourth-order valence-corrected chi connectivity index (χ4v) is 4.48. The Bertz CT molecular complexity index is 660. The van der Waals surface area contributed by atoms with Gasteiger partial charge in [0, 0.05) is 5.54 Å². The fourth-order valence-electron chi connectivity index (χ4n) is 2.36. The van der Waals surface area contributed by atoms with E-state index in [0.29, 0.717) is 6.42 Å². The predicted molar refractivity (Wildman–Crippen MR) is 79.4 cm³/mol. The quantitative estimate of drug-likeness (QED) is 0.877. The first-order valence-electron chi connectivity index (χ1n) is 6.71. The van der Waals surface area contributed by atoms with Crippen molar-refractivity contribution in [1.82, 2.24) is 5.32 Å². The number of halogens is 1. The van der Waals surface area contributed by atoms with Gasteiger partial charge in [0.1, 0.15) is 5.82 Å². The van der Waals surface area contributed by atoms with Gasteiger partial charge < -0.3 is 10.6 Å². The van der Waals surface area contributed by atoms with Crippen molar-refractivity contribution in [1.29, 1.82) is 0 Å². The van der Waals surface area contributed by atoms with Gasteiger partial charge in [0.05, 0.1) is 23.7 Å². The van der Waals surface area contributed by atoms with Crippen LogP contribution in [0.2, 0.25) is 0 Å². The molecule has 0 aromatic heterocycles. The number of carbonyl (C=O) groups excluding carboxylic acids is 1. The number of amides is 1. The van der Waals surface area contributed by atoms with Crippen LogP contribution < -0.4 is 10.6 Å². The number of nitrogens with one attached hydrogen (secondary N) is 2. The Hall–Kier alpha value is -1.47. The molecule has 0 aliphatic carbocycles. The van der Waals surface area contributed by atoms with E-state index in [-0.39, 0.29) is 23.7 Å². The van der Waals surface area contributed by atoms with Crippen LogP contribution in [-0.2, 0) is 14.6 Å². The van der Waals surface area contributed by atoms with Gasteiger partial charge in [-0.3, -0.25) is 4.79 Å². The maximum atomic E-state index is 13.6. The van der Waals surface area contributed by atoms with Gasteiger partial charge in [-0.15, -0.1) is 0 Å². The average molecular weight is 314 g/mol. The van der Waals surface area contributed by atoms with Crippen LogP contribution in [0.15, 0.2) is 18.2 Å². The first kappa shape index (κ1) is 15.9. The topological polar surface area (TPSA) is 75.3 Å². The smallest absolute Gasteiger partial charge is 0.238 e. The summed E-state index contributed by atoms with van der Waals surface area (Å²) in [5, 5.41) is 5.42. The highest BCUT2D eigenvalue weighted by atomic mass is 32.2. The Kier molecular flexibility index (Phi) is 4.34. The maximum Gasteiger partial charge on any atom is 0.238 e. The molecule has 2 N–H and O–H groups in total. The summed E-state index contributed by atoms with van der Waals surface area (Å²) >= 11 is 0. The molecule has 5 nitrogen and oxygen atoms in total. The molecule has 0 spiro atoms. The van der Waals surface area contributed by atoms with Crippen molar-refractivity contribution < 1.29 is 17.6 Å². The lowest BCUT2D eigenvalue weighted by atomic mass is 10.0. The van der Waals surface area contributed by atoms with Crippen molar-refractivity contribution in [2.75, 3.05) is 23.4 Å². The van der Waals surface area contributed by atoms with Crippen molar-refractivity contribution >= 4 is 21.4 Å². The molecule has 1 saturated heterocycles. The van der Waals surface area contributed by atoms with Crippen LogP contribution in [0.25, 0.3) is 0 Å². The number of sulfone groups is 1. The minimum absolute atomic E-state index is 0.0200. The summed E-state index contributed by atoms with van der Waals surface area (Å²) in [7, 11) is -3.03. The SMILES string of the molecule is Cc1ccc(NC(=O)CNC2(C)CCS(=O)(=O)C2)c(F)c1. The average Bonchev–Trinajstić information content (AvgIpc) is 2.65. The monoisotopic (exact) mass is 314 g/mol. The number of hydrogen-bond donors (Lipinski definition) is 2. The van der Waals surface area contributed by atoms with E-state index in [1.807, 2.05) is 0 Å². The predicted octanol–water partition coefficient (Wildman–Crippen LogP) is 1.24. The fraction of sp³-hybridized carbons (Fsp3) is 0.500. The van der Waals surface area contributed by atoms with E-state index >= 15 is 0 Å². The summed E-state index contributed by atoms with van der Waals surface area (Å²) in [5.41, 5.74) is 0.297. The lowest BCUT2D eigenvalue weighted by Gasteiger charge is -2.23. The number of benzene rings is 1. The molecule has 0 radical (unpaired) electrons. The third-order valence-corrected chi connectivity index (χ3v) is 5.48. The van der Waals surface area contributed by atoms with Gasteiger partial charge in [0.15, 0.2) is 9.84 Å². The van der Waals surface area contributed by atoms with E-state index in [9.17, 15) is 17.6 Å². The molecule has 1 fully saturated rings. The summed E-state index contributed by atoms with van der Waals surface area (Å²) < 4.78 is 36.6. The van der Waals surface area contributed by atoms with Crippen molar-refractivity contribution in [2.45, 2.75) is 25.8 Å². The lowest BCUT2D eigenvalue weighted by molar-refractivity contribution is -0.115. The van der Waals surface area contributed by atoms with Crippen LogP contribution in [0, 0.1) is 12.7 Å². The maximum absolute atomic E-state index is 13.6. The number of hydrogen-bond acceptors (Lipinski definition) is 4. The zero-order valence-corrected chi connectivity index (χ0v) is 12.9. The van der Waals surface area contributed by atoms with Crippen molar-refractivity contribution in [3.05, 3.63) is 29.6 Å². The zero-order valence-electron chi connectivity index (χ0n) is 12.1. The largest absolute Gasteiger partial charge is 0.322 e.